The third-order valence-corrected chi connectivity index (χ3v) is 5.08. The van der Waals surface area contributed by atoms with Crippen LogP contribution in [-0.4, -0.2) is 36.6 Å². The molecule has 1 aliphatic carbocycles. The van der Waals surface area contributed by atoms with Gasteiger partial charge in [0.1, 0.15) is 0 Å². The molecule has 1 heterocycles. The summed E-state index contributed by atoms with van der Waals surface area (Å²) < 4.78 is 0. The van der Waals surface area contributed by atoms with Crippen LogP contribution in [0.15, 0.2) is 0 Å². The van der Waals surface area contributed by atoms with Crippen LogP contribution in [0.3, 0.4) is 0 Å². The van der Waals surface area contributed by atoms with Crippen molar-refractivity contribution in [3.05, 3.63) is 0 Å². The zero-order chi connectivity index (χ0) is 13.2. The summed E-state index contributed by atoms with van der Waals surface area (Å²) in [7, 11) is 0. The van der Waals surface area contributed by atoms with Crippen molar-refractivity contribution in [2.75, 3.05) is 19.6 Å². The van der Waals surface area contributed by atoms with E-state index in [-0.39, 0.29) is 0 Å². The summed E-state index contributed by atoms with van der Waals surface area (Å²) in [5.74, 6) is 0.933. The minimum Gasteiger partial charge on any atom is -0.312 e. The molecule has 2 aliphatic rings. The fraction of sp³-hybridized carbons (Fsp3) is 1.00. The van der Waals surface area contributed by atoms with E-state index in [2.05, 4.69) is 37.9 Å². The first-order valence-corrected chi connectivity index (χ1v) is 7.94. The lowest BCUT2D eigenvalue weighted by Gasteiger charge is -2.38. The SMILES string of the molecule is CC1CN(C2CCCC(C(C)(C)C)CC2)CCN1. The molecule has 1 saturated heterocycles. The average molecular weight is 252 g/mol. The highest BCUT2D eigenvalue weighted by Crippen LogP contribution is 2.37. The van der Waals surface area contributed by atoms with Crippen molar-refractivity contribution in [3.8, 4) is 0 Å². The molecule has 1 N–H and O–H groups in total. The number of piperazine rings is 1. The van der Waals surface area contributed by atoms with Crippen molar-refractivity contribution in [1.82, 2.24) is 10.2 Å². The van der Waals surface area contributed by atoms with E-state index in [1.54, 1.807) is 0 Å². The predicted molar refractivity (Wildman–Crippen MR) is 78.9 cm³/mol. The van der Waals surface area contributed by atoms with Crippen molar-refractivity contribution in [2.45, 2.75) is 71.9 Å². The van der Waals surface area contributed by atoms with Crippen LogP contribution in [0.4, 0.5) is 0 Å². The van der Waals surface area contributed by atoms with Crippen LogP contribution < -0.4 is 5.32 Å². The summed E-state index contributed by atoms with van der Waals surface area (Å²) in [5, 5.41) is 3.56. The van der Waals surface area contributed by atoms with E-state index in [4.69, 9.17) is 0 Å². The minimum absolute atomic E-state index is 0.506. The highest BCUT2D eigenvalue weighted by molar-refractivity contribution is 4.85. The minimum atomic E-state index is 0.506. The summed E-state index contributed by atoms with van der Waals surface area (Å²) in [6.45, 7) is 13.3. The largest absolute Gasteiger partial charge is 0.312 e. The lowest BCUT2D eigenvalue weighted by Crippen LogP contribution is -2.52. The van der Waals surface area contributed by atoms with Gasteiger partial charge in [0.25, 0.3) is 0 Å². The van der Waals surface area contributed by atoms with E-state index in [1.165, 1.54) is 51.7 Å². The zero-order valence-corrected chi connectivity index (χ0v) is 12.8. The maximum absolute atomic E-state index is 3.56. The number of nitrogens with zero attached hydrogens (tertiary/aromatic N) is 1. The van der Waals surface area contributed by atoms with Gasteiger partial charge in [-0.2, -0.15) is 0 Å². The summed E-state index contributed by atoms with van der Waals surface area (Å²) in [6, 6.07) is 1.54. The number of nitrogens with one attached hydrogen (secondary N) is 1. The predicted octanol–water partition coefficient (Wildman–Crippen LogP) is 3.28. The van der Waals surface area contributed by atoms with Crippen molar-refractivity contribution in [1.29, 1.82) is 0 Å². The Kier molecular flexibility index (Phi) is 4.71. The molecule has 1 saturated carbocycles. The topological polar surface area (TPSA) is 15.3 Å². The third kappa shape index (κ3) is 3.71. The van der Waals surface area contributed by atoms with Crippen molar-refractivity contribution in [2.24, 2.45) is 11.3 Å². The Bertz CT molecular complexity index is 256. The smallest absolute Gasteiger partial charge is 0.0167 e. The van der Waals surface area contributed by atoms with Crippen LogP contribution in [0, 0.1) is 11.3 Å². The fourth-order valence-electron chi connectivity index (χ4n) is 3.81. The lowest BCUT2D eigenvalue weighted by atomic mass is 9.76. The molecule has 0 spiro atoms. The molecule has 0 aromatic heterocycles. The molecule has 2 rings (SSSR count). The molecule has 2 heteroatoms. The van der Waals surface area contributed by atoms with Gasteiger partial charge in [-0.25, -0.2) is 0 Å². The Morgan fingerprint density at radius 3 is 2.50 bits per heavy atom. The molecule has 0 aromatic rings. The molecule has 3 unspecified atom stereocenters. The van der Waals surface area contributed by atoms with Gasteiger partial charge in [0.15, 0.2) is 0 Å². The second kappa shape index (κ2) is 5.92. The second-order valence-electron chi connectivity index (χ2n) is 7.58. The number of rotatable bonds is 1. The van der Waals surface area contributed by atoms with Gasteiger partial charge in [0, 0.05) is 31.7 Å². The Balaban J connectivity index is 1.88. The van der Waals surface area contributed by atoms with Crippen LogP contribution in [0.25, 0.3) is 0 Å². The van der Waals surface area contributed by atoms with Gasteiger partial charge in [0.05, 0.1) is 0 Å². The van der Waals surface area contributed by atoms with E-state index in [0.717, 1.165) is 12.0 Å². The van der Waals surface area contributed by atoms with Gasteiger partial charge in [-0.05, 0) is 43.9 Å². The summed E-state index contributed by atoms with van der Waals surface area (Å²) in [4.78, 5) is 2.76. The molecule has 1 aliphatic heterocycles. The molecule has 3 atom stereocenters. The van der Waals surface area contributed by atoms with Gasteiger partial charge < -0.3 is 5.32 Å². The van der Waals surface area contributed by atoms with E-state index in [1.807, 2.05) is 0 Å². The van der Waals surface area contributed by atoms with Gasteiger partial charge in [-0.3, -0.25) is 4.90 Å². The quantitative estimate of drug-likeness (QED) is 0.721. The van der Waals surface area contributed by atoms with E-state index >= 15 is 0 Å². The van der Waals surface area contributed by atoms with Crippen molar-refractivity contribution >= 4 is 0 Å². The summed E-state index contributed by atoms with van der Waals surface area (Å²) >= 11 is 0. The van der Waals surface area contributed by atoms with Gasteiger partial charge in [0.2, 0.25) is 0 Å². The van der Waals surface area contributed by atoms with E-state index < -0.39 is 0 Å². The number of hydrogen-bond donors (Lipinski definition) is 1. The number of hydrogen-bond acceptors (Lipinski definition) is 2. The molecule has 0 bridgehead atoms. The molecular weight excluding hydrogens is 220 g/mol. The van der Waals surface area contributed by atoms with E-state index in [9.17, 15) is 0 Å². The molecule has 2 fully saturated rings. The first kappa shape index (κ1) is 14.3. The lowest BCUT2D eigenvalue weighted by molar-refractivity contribution is 0.132. The van der Waals surface area contributed by atoms with Crippen LogP contribution in [-0.2, 0) is 0 Å². The monoisotopic (exact) mass is 252 g/mol. The first-order chi connectivity index (χ1) is 8.47. The molecule has 106 valence electrons. The van der Waals surface area contributed by atoms with Crippen molar-refractivity contribution in [3.63, 3.8) is 0 Å². The summed E-state index contributed by atoms with van der Waals surface area (Å²) in [6.07, 6.45) is 7.17. The summed E-state index contributed by atoms with van der Waals surface area (Å²) in [5.41, 5.74) is 0.506. The normalized spacial score (nSPS) is 36.3. The standard InChI is InChI=1S/C16H32N2/c1-13-12-18(11-10-17-13)15-7-5-6-14(8-9-15)16(2,3)4/h13-15,17H,5-12H2,1-4H3. The maximum atomic E-state index is 3.56. The Morgan fingerprint density at radius 2 is 1.83 bits per heavy atom. The molecule has 18 heavy (non-hydrogen) atoms. The molecule has 0 radical (unpaired) electrons. The second-order valence-corrected chi connectivity index (χ2v) is 7.58. The fourth-order valence-corrected chi connectivity index (χ4v) is 3.81. The Hall–Kier alpha value is -0.0800. The average Bonchev–Trinajstić information content (AvgIpc) is 2.53. The van der Waals surface area contributed by atoms with Gasteiger partial charge in [-0.15, -0.1) is 0 Å². The van der Waals surface area contributed by atoms with Crippen molar-refractivity contribution < 1.29 is 0 Å². The molecular formula is C16H32N2. The van der Waals surface area contributed by atoms with E-state index in [0.29, 0.717) is 11.5 Å². The van der Waals surface area contributed by atoms with Gasteiger partial charge in [-0.1, -0.05) is 27.2 Å². The highest BCUT2D eigenvalue weighted by Gasteiger charge is 2.30. The molecule has 0 aromatic carbocycles. The highest BCUT2D eigenvalue weighted by atomic mass is 15.2. The van der Waals surface area contributed by atoms with Crippen LogP contribution in [0.2, 0.25) is 0 Å². The van der Waals surface area contributed by atoms with Gasteiger partial charge >= 0.3 is 0 Å². The zero-order valence-electron chi connectivity index (χ0n) is 12.8. The third-order valence-electron chi connectivity index (χ3n) is 5.08. The van der Waals surface area contributed by atoms with Crippen LogP contribution in [0.5, 0.6) is 0 Å². The molecule has 2 nitrogen and oxygen atoms in total. The Morgan fingerprint density at radius 1 is 1.06 bits per heavy atom. The molecule has 0 amide bonds. The maximum Gasteiger partial charge on any atom is 0.0167 e. The first-order valence-electron chi connectivity index (χ1n) is 7.94. The van der Waals surface area contributed by atoms with Crippen LogP contribution in [0.1, 0.15) is 59.8 Å². The Labute approximate surface area is 114 Å². The van der Waals surface area contributed by atoms with Crippen LogP contribution >= 0.6 is 0 Å².